The first-order chi connectivity index (χ1) is 11.7. The second-order valence-corrected chi connectivity index (χ2v) is 6.01. The van der Waals surface area contributed by atoms with Gasteiger partial charge in [-0.05, 0) is 5.56 Å². The first kappa shape index (κ1) is 16.4. The number of ketones is 1. The third kappa shape index (κ3) is 3.91. The molecule has 0 aliphatic carbocycles. The minimum Gasteiger partial charge on any atom is -0.388 e. The van der Waals surface area contributed by atoms with E-state index in [2.05, 4.69) is 15.1 Å². The Kier molecular flexibility index (Phi) is 5.09. The average molecular weight is 344 g/mol. The predicted octanol–water partition coefficient (Wildman–Crippen LogP) is 1.53. The molecule has 3 rings (SSSR count). The van der Waals surface area contributed by atoms with E-state index in [4.69, 9.17) is 15.4 Å². The molecule has 2 heterocycles. The van der Waals surface area contributed by atoms with Crippen LogP contribution >= 0.6 is 11.3 Å². The van der Waals surface area contributed by atoms with Crippen LogP contribution in [-0.4, -0.2) is 32.6 Å². The van der Waals surface area contributed by atoms with Gasteiger partial charge in [-0.2, -0.15) is 4.98 Å². The molecule has 0 spiro atoms. The van der Waals surface area contributed by atoms with Gasteiger partial charge in [-0.25, -0.2) is 4.98 Å². The van der Waals surface area contributed by atoms with Gasteiger partial charge in [0.15, 0.2) is 11.6 Å². The van der Waals surface area contributed by atoms with Crippen molar-refractivity contribution in [3.05, 3.63) is 63.7 Å². The van der Waals surface area contributed by atoms with Crippen LogP contribution in [0.5, 0.6) is 0 Å². The van der Waals surface area contributed by atoms with Crippen LogP contribution in [0.2, 0.25) is 0 Å². The third-order valence-electron chi connectivity index (χ3n) is 3.50. The van der Waals surface area contributed by atoms with E-state index in [9.17, 15) is 4.79 Å². The number of carbonyl (C=O) groups is 1. The Hall–Kier alpha value is -2.42. The lowest BCUT2D eigenvalue weighted by Crippen LogP contribution is -2.14. The molecule has 124 valence electrons. The van der Waals surface area contributed by atoms with Crippen LogP contribution in [0.3, 0.4) is 0 Å². The van der Waals surface area contributed by atoms with Crippen molar-refractivity contribution in [2.45, 2.75) is 18.9 Å². The lowest BCUT2D eigenvalue weighted by atomic mass is 10.1. The van der Waals surface area contributed by atoms with Gasteiger partial charge in [0.2, 0.25) is 5.89 Å². The van der Waals surface area contributed by atoms with E-state index >= 15 is 0 Å². The molecule has 0 aliphatic rings. The van der Waals surface area contributed by atoms with Crippen molar-refractivity contribution in [2.24, 2.45) is 5.73 Å². The molecule has 0 unspecified atom stereocenters. The van der Waals surface area contributed by atoms with Crippen molar-refractivity contribution < 1.29 is 14.4 Å². The summed E-state index contributed by atoms with van der Waals surface area (Å²) in [6.45, 7) is -0.496. The second kappa shape index (κ2) is 7.43. The zero-order valence-electron chi connectivity index (χ0n) is 12.8. The highest BCUT2D eigenvalue weighted by Gasteiger charge is 2.16. The number of hydrogen-bond donors (Lipinski definition) is 2. The average Bonchev–Trinajstić information content (AvgIpc) is 3.27. The number of aliphatic hydroxyl groups excluding tert-OH is 1. The van der Waals surface area contributed by atoms with Crippen molar-refractivity contribution in [1.29, 1.82) is 0 Å². The minimum atomic E-state index is -0.496. The first-order valence-corrected chi connectivity index (χ1v) is 8.28. The fraction of sp³-hybridized carbons (Fsp3) is 0.250. The lowest BCUT2D eigenvalue weighted by Gasteiger charge is -2.03. The number of benzene rings is 1. The maximum atomic E-state index is 11.4. The molecule has 24 heavy (non-hydrogen) atoms. The summed E-state index contributed by atoms with van der Waals surface area (Å²) in [6.07, 6.45) is 1.02. The van der Waals surface area contributed by atoms with Crippen LogP contribution in [0.1, 0.15) is 39.4 Å². The van der Waals surface area contributed by atoms with Crippen LogP contribution < -0.4 is 5.73 Å². The summed E-state index contributed by atoms with van der Waals surface area (Å²) in [5, 5.41) is 14.7. The smallest absolute Gasteiger partial charge is 0.243 e. The summed E-state index contributed by atoms with van der Waals surface area (Å²) >= 11 is 1.52. The number of aromatic nitrogens is 3. The number of nitrogens with two attached hydrogens (primary N) is 1. The van der Waals surface area contributed by atoms with Gasteiger partial charge in [-0.3, -0.25) is 4.79 Å². The molecule has 7 nitrogen and oxygen atoms in total. The van der Waals surface area contributed by atoms with Crippen LogP contribution in [0, 0.1) is 0 Å². The zero-order chi connectivity index (χ0) is 16.9. The van der Waals surface area contributed by atoms with Crippen LogP contribution in [0.25, 0.3) is 0 Å². The highest BCUT2D eigenvalue weighted by Crippen LogP contribution is 2.16. The Balaban J connectivity index is 1.64. The number of rotatable bonds is 7. The number of hydrogen-bond acceptors (Lipinski definition) is 8. The predicted molar refractivity (Wildman–Crippen MR) is 87.7 cm³/mol. The fourth-order valence-electron chi connectivity index (χ4n) is 2.22. The summed E-state index contributed by atoms with van der Waals surface area (Å²) in [6, 6.07) is 6.55. The molecule has 1 aromatic carbocycles. The van der Waals surface area contributed by atoms with Crippen LogP contribution in [0.15, 0.2) is 39.7 Å². The summed E-state index contributed by atoms with van der Waals surface area (Å²) in [5.41, 5.74) is 10.1. The van der Waals surface area contributed by atoms with E-state index in [1.54, 1.807) is 29.8 Å². The zero-order valence-corrected chi connectivity index (χ0v) is 13.6. The van der Waals surface area contributed by atoms with Gasteiger partial charge in [0.1, 0.15) is 6.61 Å². The number of Topliss-reactive ketones (excluding diaryl/α,β-unsaturated/α-hetero) is 1. The molecule has 8 heteroatoms. The number of nitrogens with zero attached hydrogens (tertiary/aromatic N) is 3. The first-order valence-electron chi connectivity index (χ1n) is 7.34. The summed E-state index contributed by atoms with van der Waals surface area (Å²) in [7, 11) is 0. The summed E-state index contributed by atoms with van der Waals surface area (Å²) in [5.74, 6) is 0.599. The van der Waals surface area contributed by atoms with E-state index in [0.717, 1.165) is 11.3 Å². The Bertz CT molecular complexity index is 799. The van der Waals surface area contributed by atoms with Crippen LogP contribution in [-0.2, 0) is 12.8 Å². The number of thiazole rings is 1. The molecule has 0 amide bonds. The molecule has 0 saturated carbocycles. The molecule has 0 bridgehead atoms. The molecular formula is C16H16N4O3S. The van der Waals surface area contributed by atoms with Gasteiger partial charge in [0, 0.05) is 23.8 Å². The molecule has 3 aromatic rings. The van der Waals surface area contributed by atoms with E-state index in [-0.39, 0.29) is 5.78 Å². The SMILES string of the molecule is N[C@@H](Cc1cscn1)c1nc(Cc2ccc(C(=O)CO)cc2)no1. The maximum absolute atomic E-state index is 11.4. The molecule has 1 atom stereocenters. The standard InChI is InChI=1S/C16H16N4O3S/c17-13(6-12-8-24-9-18-12)16-19-15(20-23-16)5-10-1-3-11(4-2-10)14(22)7-21/h1-4,8-9,13,21H,5-7,17H2/t13-/m0/s1. The van der Waals surface area contributed by atoms with Crippen molar-refractivity contribution >= 4 is 17.1 Å². The highest BCUT2D eigenvalue weighted by atomic mass is 32.1. The Morgan fingerprint density at radius 3 is 2.79 bits per heavy atom. The molecule has 0 aliphatic heterocycles. The van der Waals surface area contributed by atoms with Gasteiger partial charge in [-0.1, -0.05) is 29.4 Å². The molecular weight excluding hydrogens is 328 g/mol. The minimum absolute atomic E-state index is 0.309. The highest BCUT2D eigenvalue weighted by molar-refractivity contribution is 7.07. The normalized spacial score (nSPS) is 12.2. The van der Waals surface area contributed by atoms with Gasteiger partial charge in [0.05, 0.1) is 17.2 Å². The Labute approximate surface area is 142 Å². The maximum Gasteiger partial charge on any atom is 0.243 e. The van der Waals surface area contributed by atoms with Crippen molar-refractivity contribution in [3.63, 3.8) is 0 Å². The topological polar surface area (TPSA) is 115 Å². The lowest BCUT2D eigenvalue weighted by molar-refractivity contribution is 0.0903. The largest absolute Gasteiger partial charge is 0.388 e. The van der Waals surface area contributed by atoms with E-state index in [1.807, 2.05) is 5.38 Å². The van der Waals surface area contributed by atoms with E-state index in [1.165, 1.54) is 11.3 Å². The van der Waals surface area contributed by atoms with E-state index < -0.39 is 12.6 Å². The Morgan fingerprint density at radius 1 is 1.33 bits per heavy atom. The second-order valence-electron chi connectivity index (χ2n) is 5.29. The van der Waals surface area contributed by atoms with E-state index in [0.29, 0.717) is 30.1 Å². The monoisotopic (exact) mass is 344 g/mol. The molecule has 0 radical (unpaired) electrons. The van der Waals surface area contributed by atoms with Gasteiger partial charge in [-0.15, -0.1) is 11.3 Å². The summed E-state index contributed by atoms with van der Waals surface area (Å²) in [4.78, 5) is 19.9. The molecule has 0 fully saturated rings. The fourth-order valence-corrected chi connectivity index (χ4v) is 2.79. The molecule has 2 aromatic heterocycles. The number of carbonyl (C=O) groups excluding carboxylic acids is 1. The van der Waals surface area contributed by atoms with Crippen LogP contribution in [0.4, 0.5) is 0 Å². The molecule has 0 saturated heterocycles. The quantitative estimate of drug-likeness (QED) is 0.625. The van der Waals surface area contributed by atoms with Crippen molar-refractivity contribution in [2.75, 3.05) is 6.61 Å². The van der Waals surface area contributed by atoms with Crippen molar-refractivity contribution in [3.8, 4) is 0 Å². The summed E-state index contributed by atoms with van der Waals surface area (Å²) < 4.78 is 5.23. The third-order valence-corrected chi connectivity index (χ3v) is 4.13. The van der Waals surface area contributed by atoms with Gasteiger partial charge < -0.3 is 15.4 Å². The number of aliphatic hydroxyl groups is 1. The Morgan fingerprint density at radius 2 is 2.12 bits per heavy atom. The van der Waals surface area contributed by atoms with Crippen molar-refractivity contribution in [1.82, 2.24) is 15.1 Å². The van der Waals surface area contributed by atoms with Gasteiger partial charge in [0.25, 0.3) is 0 Å². The van der Waals surface area contributed by atoms with Gasteiger partial charge >= 0.3 is 0 Å². The molecule has 3 N–H and O–H groups in total.